The predicted octanol–water partition coefficient (Wildman–Crippen LogP) is 2.47. The SMILES string of the molecule is Fc1ccc(CN2CCc3nnc(C4CCCO4)n3CC2)cc1F. The first-order valence-corrected chi connectivity index (χ1v) is 8.40. The molecular weight excluding hydrogens is 314 g/mol. The van der Waals surface area contributed by atoms with Gasteiger partial charge in [0, 0.05) is 39.2 Å². The lowest BCUT2D eigenvalue weighted by molar-refractivity contribution is 0.101. The number of hydrogen-bond acceptors (Lipinski definition) is 4. The lowest BCUT2D eigenvalue weighted by Gasteiger charge is -2.20. The molecule has 1 atom stereocenters. The van der Waals surface area contributed by atoms with Crippen LogP contribution >= 0.6 is 0 Å². The molecule has 0 aliphatic carbocycles. The molecule has 1 unspecified atom stereocenters. The number of halogens is 2. The van der Waals surface area contributed by atoms with E-state index in [1.165, 1.54) is 12.1 Å². The number of hydrogen-bond donors (Lipinski definition) is 0. The summed E-state index contributed by atoms with van der Waals surface area (Å²) < 4.78 is 34.3. The van der Waals surface area contributed by atoms with Crippen molar-refractivity contribution in [3.05, 3.63) is 47.0 Å². The molecule has 24 heavy (non-hydrogen) atoms. The fourth-order valence-electron chi connectivity index (χ4n) is 3.46. The van der Waals surface area contributed by atoms with Crippen LogP contribution in [-0.2, 0) is 24.2 Å². The Morgan fingerprint density at radius 2 is 2.04 bits per heavy atom. The molecule has 1 aromatic heterocycles. The molecule has 2 aliphatic heterocycles. The molecule has 7 heteroatoms. The van der Waals surface area contributed by atoms with Gasteiger partial charge < -0.3 is 9.30 Å². The Hall–Kier alpha value is -1.86. The van der Waals surface area contributed by atoms with E-state index in [-0.39, 0.29) is 6.10 Å². The van der Waals surface area contributed by atoms with E-state index < -0.39 is 11.6 Å². The fourth-order valence-corrected chi connectivity index (χ4v) is 3.46. The second-order valence-corrected chi connectivity index (χ2v) is 6.40. The van der Waals surface area contributed by atoms with Gasteiger partial charge in [-0.1, -0.05) is 6.07 Å². The molecule has 0 amide bonds. The summed E-state index contributed by atoms with van der Waals surface area (Å²) in [6.45, 7) is 3.83. The van der Waals surface area contributed by atoms with Crippen molar-refractivity contribution in [2.24, 2.45) is 0 Å². The lowest BCUT2D eigenvalue weighted by Crippen LogP contribution is -2.27. The summed E-state index contributed by atoms with van der Waals surface area (Å²) in [6, 6.07) is 4.10. The number of nitrogens with zero attached hydrogens (tertiary/aromatic N) is 4. The maximum Gasteiger partial charge on any atom is 0.162 e. The minimum absolute atomic E-state index is 0.0593. The molecule has 5 nitrogen and oxygen atoms in total. The molecule has 3 heterocycles. The van der Waals surface area contributed by atoms with Crippen LogP contribution in [0.15, 0.2) is 18.2 Å². The quantitative estimate of drug-likeness (QED) is 0.865. The van der Waals surface area contributed by atoms with Gasteiger partial charge in [0.05, 0.1) is 0 Å². The van der Waals surface area contributed by atoms with Gasteiger partial charge in [-0.15, -0.1) is 10.2 Å². The van der Waals surface area contributed by atoms with Crippen molar-refractivity contribution in [1.82, 2.24) is 19.7 Å². The Balaban J connectivity index is 1.45. The zero-order chi connectivity index (χ0) is 16.5. The van der Waals surface area contributed by atoms with Crippen molar-refractivity contribution in [2.75, 3.05) is 19.7 Å². The summed E-state index contributed by atoms with van der Waals surface area (Å²) in [5.74, 6) is 0.313. The number of rotatable bonds is 3. The normalized spacial score (nSPS) is 21.7. The molecule has 4 rings (SSSR count). The van der Waals surface area contributed by atoms with E-state index in [9.17, 15) is 8.78 Å². The average Bonchev–Trinajstić information content (AvgIpc) is 3.19. The Kier molecular flexibility index (Phi) is 4.28. The van der Waals surface area contributed by atoms with E-state index in [2.05, 4.69) is 19.7 Å². The molecule has 1 aromatic carbocycles. The number of aromatic nitrogens is 3. The predicted molar refractivity (Wildman–Crippen MR) is 83.3 cm³/mol. The van der Waals surface area contributed by atoms with Crippen LogP contribution < -0.4 is 0 Å². The van der Waals surface area contributed by atoms with Crippen LogP contribution in [0.25, 0.3) is 0 Å². The first-order chi connectivity index (χ1) is 11.7. The van der Waals surface area contributed by atoms with Crippen molar-refractivity contribution in [3.8, 4) is 0 Å². The second-order valence-electron chi connectivity index (χ2n) is 6.40. The molecule has 2 aliphatic rings. The number of ether oxygens (including phenoxy) is 1. The Morgan fingerprint density at radius 3 is 2.83 bits per heavy atom. The van der Waals surface area contributed by atoms with Gasteiger partial charge in [0.15, 0.2) is 17.5 Å². The molecule has 2 aromatic rings. The van der Waals surface area contributed by atoms with Crippen LogP contribution in [0.4, 0.5) is 8.78 Å². The van der Waals surface area contributed by atoms with Gasteiger partial charge >= 0.3 is 0 Å². The summed E-state index contributed by atoms with van der Waals surface area (Å²) in [6.07, 6.45) is 2.92. The van der Waals surface area contributed by atoms with Crippen molar-refractivity contribution >= 4 is 0 Å². The number of benzene rings is 1. The first-order valence-electron chi connectivity index (χ1n) is 8.40. The van der Waals surface area contributed by atoms with Gasteiger partial charge in [0.25, 0.3) is 0 Å². The van der Waals surface area contributed by atoms with Crippen LogP contribution in [0, 0.1) is 11.6 Å². The summed E-state index contributed by atoms with van der Waals surface area (Å²) >= 11 is 0. The monoisotopic (exact) mass is 334 g/mol. The smallest absolute Gasteiger partial charge is 0.162 e. The fraction of sp³-hybridized carbons (Fsp3) is 0.529. The molecule has 1 saturated heterocycles. The van der Waals surface area contributed by atoms with Gasteiger partial charge in [-0.05, 0) is 30.5 Å². The average molecular weight is 334 g/mol. The lowest BCUT2D eigenvalue weighted by atomic mass is 10.2. The van der Waals surface area contributed by atoms with E-state index >= 15 is 0 Å². The first kappa shape index (κ1) is 15.7. The van der Waals surface area contributed by atoms with Crippen molar-refractivity contribution in [3.63, 3.8) is 0 Å². The molecule has 1 fully saturated rings. The Bertz CT molecular complexity index is 727. The third-order valence-corrected chi connectivity index (χ3v) is 4.76. The van der Waals surface area contributed by atoms with Crippen molar-refractivity contribution < 1.29 is 13.5 Å². The van der Waals surface area contributed by atoms with Gasteiger partial charge in [-0.3, -0.25) is 4.90 Å². The van der Waals surface area contributed by atoms with E-state index in [1.807, 2.05) is 0 Å². The van der Waals surface area contributed by atoms with Gasteiger partial charge in [0.1, 0.15) is 11.9 Å². The highest BCUT2D eigenvalue weighted by Crippen LogP contribution is 2.28. The van der Waals surface area contributed by atoms with Crippen LogP contribution in [0.1, 0.15) is 36.2 Å². The highest BCUT2D eigenvalue weighted by Gasteiger charge is 2.27. The van der Waals surface area contributed by atoms with E-state index in [4.69, 9.17) is 4.74 Å². The van der Waals surface area contributed by atoms with Crippen LogP contribution in [-0.4, -0.2) is 39.4 Å². The molecule has 0 bridgehead atoms. The Morgan fingerprint density at radius 1 is 1.12 bits per heavy atom. The largest absolute Gasteiger partial charge is 0.370 e. The van der Waals surface area contributed by atoms with E-state index in [0.717, 1.165) is 62.7 Å². The molecule has 0 spiro atoms. The highest BCUT2D eigenvalue weighted by molar-refractivity contribution is 5.17. The molecule has 128 valence electrons. The topological polar surface area (TPSA) is 43.2 Å². The van der Waals surface area contributed by atoms with Crippen LogP contribution in [0.5, 0.6) is 0 Å². The standard InChI is InChI=1S/C17H20F2N4O/c18-13-4-3-12(10-14(13)19)11-22-6-5-16-20-21-17(23(16)8-7-22)15-2-1-9-24-15/h3-4,10,15H,1-2,5-9,11H2. The third kappa shape index (κ3) is 3.06. The van der Waals surface area contributed by atoms with E-state index in [0.29, 0.717) is 6.54 Å². The Labute approximate surface area is 139 Å². The van der Waals surface area contributed by atoms with Crippen molar-refractivity contribution in [2.45, 2.75) is 38.5 Å². The third-order valence-electron chi connectivity index (χ3n) is 4.76. The maximum atomic E-state index is 13.4. The van der Waals surface area contributed by atoms with Crippen LogP contribution in [0.3, 0.4) is 0 Å². The minimum Gasteiger partial charge on any atom is -0.370 e. The molecule has 0 saturated carbocycles. The van der Waals surface area contributed by atoms with Gasteiger partial charge in [0.2, 0.25) is 0 Å². The van der Waals surface area contributed by atoms with Crippen molar-refractivity contribution in [1.29, 1.82) is 0 Å². The maximum absolute atomic E-state index is 13.4. The zero-order valence-corrected chi connectivity index (χ0v) is 13.4. The van der Waals surface area contributed by atoms with E-state index in [1.54, 1.807) is 6.07 Å². The van der Waals surface area contributed by atoms with Gasteiger partial charge in [-0.25, -0.2) is 8.78 Å². The molecule has 0 N–H and O–H groups in total. The second kappa shape index (κ2) is 6.57. The minimum atomic E-state index is -0.804. The highest BCUT2D eigenvalue weighted by atomic mass is 19.2. The molecule has 0 radical (unpaired) electrons. The summed E-state index contributed by atoms with van der Waals surface area (Å²) in [5, 5.41) is 8.66. The summed E-state index contributed by atoms with van der Waals surface area (Å²) in [7, 11) is 0. The summed E-state index contributed by atoms with van der Waals surface area (Å²) in [4.78, 5) is 2.24. The zero-order valence-electron chi connectivity index (χ0n) is 13.4. The number of fused-ring (bicyclic) bond motifs is 1. The van der Waals surface area contributed by atoms with Crippen LogP contribution in [0.2, 0.25) is 0 Å². The van der Waals surface area contributed by atoms with Gasteiger partial charge in [-0.2, -0.15) is 0 Å². The summed E-state index contributed by atoms with van der Waals surface area (Å²) in [5.41, 5.74) is 0.783. The molecular formula is C17H20F2N4O.